The van der Waals surface area contributed by atoms with E-state index in [0.717, 1.165) is 10.9 Å². The number of halogens is 2. The minimum atomic E-state index is -0.253. The van der Waals surface area contributed by atoms with E-state index in [1.54, 1.807) is 12.3 Å². The lowest BCUT2D eigenvalue weighted by Gasteiger charge is -2.07. The smallest absolute Gasteiger partial charge is 0.147 e. The topological polar surface area (TPSA) is 15.8 Å². The molecule has 1 nitrogen and oxygen atoms in total. The van der Waals surface area contributed by atoms with E-state index < -0.39 is 0 Å². The summed E-state index contributed by atoms with van der Waals surface area (Å²) in [4.78, 5) is 2.84. The molecule has 1 aromatic heterocycles. The molecule has 0 saturated heterocycles. The van der Waals surface area contributed by atoms with Crippen molar-refractivity contribution < 1.29 is 4.39 Å². The van der Waals surface area contributed by atoms with Crippen molar-refractivity contribution in [1.29, 1.82) is 0 Å². The molecule has 1 N–H and O–H groups in total. The highest BCUT2D eigenvalue weighted by atomic mass is 35.5. The average molecular weight is 212 g/mol. The van der Waals surface area contributed by atoms with Gasteiger partial charge in [0.05, 0.1) is 10.5 Å². The molecule has 3 heteroatoms. The van der Waals surface area contributed by atoms with E-state index in [-0.39, 0.29) is 5.82 Å². The molecule has 0 bridgehead atoms. The summed E-state index contributed by atoms with van der Waals surface area (Å²) in [6.07, 6.45) is 1.63. The SMILES string of the molecule is CC(C)c1ccc(F)c2[nH]cc(Cl)c12. The summed E-state index contributed by atoms with van der Waals surface area (Å²) in [5, 5.41) is 1.39. The average Bonchev–Trinajstić information content (AvgIpc) is 2.50. The van der Waals surface area contributed by atoms with E-state index >= 15 is 0 Å². The van der Waals surface area contributed by atoms with Crippen molar-refractivity contribution in [3.8, 4) is 0 Å². The Morgan fingerprint density at radius 1 is 1.36 bits per heavy atom. The van der Waals surface area contributed by atoms with Gasteiger partial charge < -0.3 is 4.98 Å². The molecule has 0 radical (unpaired) electrons. The van der Waals surface area contributed by atoms with Gasteiger partial charge in [0.25, 0.3) is 0 Å². The predicted molar refractivity (Wildman–Crippen MR) is 57.4 cm³/mol. The number of hydrogen-bond acceptors (Lipinski definition) is 0. The maximum Gasteiger partial charge on any atom is 0.147 e. The summed E-state index contributed by atoms with van der Waals surface area (Å²) >= 11 is 6.00. The molecule has 14 heavy (non-hydrogen) atoms. The first-order chi connectivity index (χ1) is 6.61. The van der Waals surface area contributed by atoms with Crippen LogP contribution in [0, 0.1) is 5.82 Å². The van der Waals surface area contributed by atoms with Gasteiger partial charge in [-0.25, -0.2) is 4.39 Å². The molecule has 0 unspecified atom stereocenters. The molecule has 0 saturated carbocycles. The van der Waals surface area contributed by atoms with Crippen molar-refractivity contribution in [2.75, 3.05) is 0 Å². The Bertz CT molecular complexity index is 473. The molecule has 0 fully saturated rings. The number of hydrogen-bond donors (Lipinski definition) is 1. The highest BCUT2D eigenvalue weighted by Crippen LogP contribution is 2.32. The Kier molecular flexibility index (Phi) is 2.23. The summed E-state index contributed by atoms with van der Waals surface area (Å²) in [5.41, 5.74) is 1.58. The van der Waals surface area contributed by atoms with E-state index in [1.165, 1.54) is 6.07 Å². The van der Waals surface area contributed by atoms with Crippen molar-refractivity contribution in [3.05, 3.63) is 34.7 Å². The predicted octanol–water partition coefficient (Wildman–Crippen LogP) is 4.08. The molecule has 0 spiro atoms. The first kappa shape index (κ1) is 9.53. The fourth-order valence-electron chi connectivity index (χ4n) is 1.68. The number of H-pyrrole nitrogens is 1. The molecule has 0 amide bonds. The van der Waals surface area contributed by atoms with E-state index in [2.05, 4.69) is 18.8 Å². The third-order valence-electron chi connectivity index (χ3n) is 2.39. The summed E-state index contributed by atoms with van der Waals surface area (Å²) < 4.78 is 13.4. The summed E-state index contributed by atoms with van der Waals surface area (Å²) in [5.74, 6) is 0.0858. The van der Waals surface area contributed by atoms with Crippen molar-refractivity contribution >= 4 is 22.5 Å². The minimum Gasteiger partial charge on any atom is -0.357 e. The summed E-state index contributed by atoms with van der Waals surface area (Å²) in [7, 11) is 0. The van der Waals surface area contributed by atoms with Crippen molar-refractivity contribution in [1.82, 2.24) is 4.98 Å². The number of benzene rings is 1. The molecule has 74 valence electrons. The Balaban J connectivity index is 2.85. The first-order valence-corrected chi connectivity index (χ1v) is 4.94. The van der Waals surface area contributed by atoms with Crippen LogP contribution in [-0.4, -0.2) is 4.98 Å². The normalized spacial score (nSPS) is 11.5. The summed E-state index contributed by atoms with van der Waals surface area (Å²) in [6, 6.07) is 3.27. The minimum absolute atomic E-state index is 0.253. The number of aromatic nitrogens is 1. The van der Waals surface area contributed by atoms with E-state index in [1.807, 2.05) is 0 Å². The van der Waals surface area contributed by atoms with Crippen LogP contribution in [0.1, 0.15) is 25.3 Å². The fourth-order valence-corrected chi connectivity index (χ4v) is 1.94. The van der Waals surface area contributed by atoms with Crippen molar-refractivity contribution in [2.24, 2.45) is 0 Å². The molecule has 0 aliphatic heterocycles. The molecule has 1 aromatic carbocycles. The second-order valence-electron chi connectivity index (χ2n) is 3.68. The molecular formula is C11H11ClFN. The lowest BCUT2D eigenvalue weighted by Crippen LogP contribution is -1.90. The first-order valence-electron chi connectivity index (χ1n) is 4.56. The number of fused-ring (bicyclic) bond motifs is 1. The van der Waals surface area contributed by atoms with Gasteiger partial charge in [0.1, 0.15) is 5.82 Å². The van der Waals surface area contributed by atoms with Crippen LogP contribution in [0.5, 0.6) is 0 Å². The van der Waals surface area contributed by atoms with Gasteiger partial charge in [-0.2, -0.15) is 0 Å². The quantitative estimate of drug-likeness (QED) is 0.732. The lowest BCUT2D eigenvalue weighted by atomic mass is 9.99. The van der Waals surface area contributed by atoms with Crippen LogP contribution in [0.4, 0.5) is 4.39 Å². The number of aromatic amines is 1. The largest absolute Gasteiger partial charge is 0.357 e. The third kappa shape index (κ3) is 1.30. The van der Waals surface area contributed by atoms with Crippen molar-refractivity contribution in [2.45, 2.75) is 19.8 Å². The van der Waals surface area contributed by atoms with E-state index in [0.29, 0.717) is 16.5 Å². The molecule has 2 rings (SSSR count). The molecule has 2 aromatic rings. The van der Waals surface area contributed by atoms with Gasteiger partial charge in [0.2, 0.25) is 0 Å². The second kappa shape index (κ2) is 3.28. The second-order valence-corrected chi connectivity index (χ2v) is 4.09. The van der Waals surface area contributed by atoms with Gasteiger partial charge in [-0.1, -0.05) is 31.5 Å². The Hall–Kier alpha value is -1.02. The maximum atomic E-state index is 13.4. The number of rotatable bonds is 1. The maximum absolute atomic E-state index is 13.4. The number of nitrogens with one attached hydrogen (secondary N) is 1. The van der Waals surface area contributed by atoms with Gasteiger partial charge >= 0.3 is 0 Å². The molecular weight excluding hydrogens is 201 g/mol. The van der Waals surface area contributed by atoms with E-state index in [4.69, 9.17) is 11.6 Å². The highest BCUT2D eigenvalue weighted by molar-refractivity contribution is 6.35. The molecule has 0 aliphatic rings. The van der Waals surface area contributed by atoms with Crippen LogP contribution in [0.15, 0.2) is 18.3 Å². The fraction of sp³-hybridized carbons (Fsp3) is 0.273. The molecule has 0 atom stereocenters. The van der Waals surface area contributed by atoms with Gasteiger partial charge in [0.15, 0.2) is 0 Å². The van der Waals surface area contributed by atoms with E-state index in [9.17, 15) is 4.39 Å². The lowest BCUT2D eigenvalue weighted by molar-refractivity contribution is 0.636. The zero-order valence-corrected chi connectivity index (χ0v) is 8.82. The van der Waals surface area contributed by atoms with Gasteiger partial charge in [0, 0.05) is 11.6 Å². The van der Waals surface area contributed by atoms with Crippen LogP contribution >= 0.6 is 11.6 Å². The monoisotopic (exact) mass is 211 g/mol. The van der Waals surface area contributed by atoms with Crippen LogP contribution < -0.4 is 0 Å². The van der Waals surface area contributed by atoms with Gasteiger partial charge in [-0.15, -0.1) is 0 Å². The van der Waals surface area contributed by atoms with Crippen LogP contribution in [0.2, 0.25) is 5.02 Å². The zero-order valence-electron chi connectivity index (χ0n) is 8.07. The highest BCUT2D eigenvalue weighted by Gasteiger charge is 2.12. The van der Waals surface area contributed by atoms with Gasteiger partial charge in [-0.3, -0.25) is 0 Å². The van der Waals surface area contributed by atoms with Crippen LogP contribution in [0.3, 0.4) is 0 Å². The Labute approximate surface area is 86.9 Å². The van der Waals surface area contributed by atoms with Crippen molar-refractivity contribution in [3.63, 3.8) is 0 Å². The zero-order chi connectivity index (χ0) is 10.3. The molecule has 0 aliphatic carbocycles. The Morgan fingerprint density at radius 2 is 2.07 bits per heavy atom. The standard InChI is InChI=1S/C11H11ClFN/c1-6(2)7-3-4-9(13)11-10(7)8(12)5-14-11/h3-6,14H,1-2H3. The Morgan fingerprint density at radius 3 is 2.71 bits per heavy atom. The third-order valence-corrected chi connectivity index (χ3v) is 2.69. The van der Waals surface area contributed by atoms with Gasteiger partial charge in [-0.05, 0) is 17.5 Å². The summed E-state index contributed by atoms with van der Waals surface area (Å²) in [6.45, 7) is 4.13. The van der Waals surface area contributed by atoms with Crippen LogP contribution in [-0.2, 0) is 0 Å². The molecule has 1 heterocycles. The van der Waals surface area contributed by atoms with Crippen LogP contribution in [0.25, 0.3) is 10.9 Å².